The van der Waals surface area contributed by atoms with Crippen molar-refractivity contribution in [2.45, 2.75) is 26.3 Å². The van der Waals surface area contributed by atoms with Crippen LogP contribution in [0.1, 0.15) is 19.8 Å². The first-order valence-electron chi connectivity index (χ1n) is 8.54. The lowest BCUT2D eigenvalue weighted by molar-refractivity contribution is 0.219. The molecule has 0 aromatic carbocycles. The van der Waals surface area contributed by atoms with E-state index >= 15 is 0 Å². The standard InChI is InChI=1S/C16H21N7O2/c1-2-23-14-11(20-16(23)13-15(17)22-25-21-13)7-19-8-12(14)24-9-10-4-3-5-18-6-10/h7-8,10,18H,2-6,9H2,1H3,(H2,17,22)/t10-/m1/s1. The van der Waals surface area contributed by atoms with E-state index in [1.807, 2.05) is 11.5 Å². The van der Waals surface area contributed by atoms with Crippen molar-refractivity contribution in [3.63, 3.8) is 0 Å². The molecule has 1 saturated heterocycles. The largest absolute Gasteiger partial charge is 0.489 e. The maximum Gasteiger partial charge on any atom is 0.199 e. The molecule has 0 bridgehead atoms. The summed E-state index contributed by atoms with van der Waals surface area (Å²) >= 11 is 0. The zero-order valence-corrected chi connectivity index (χ0v) is 14.1. The normalized spacial score (nSPS) is 17.9. The van der Waals surface area contributed by atoms with Crippen molar-refractivity contribution in [1.82, 2.24) is 30.2 Å². The Hall–Kier alpha value is -2.68. The van der Waals surface area contributed by atoms with E-state index < -0.39 is 0 Å². The SMILES string of the molecule is CCn1c(-c2nonc2N)nc2cncc(OC[C@@H]3CCCNC3)c21. The van der Waals surface area contributed by atoms with Gasteiger partial charge >= 0.3 is 0 Å². The summed E-state index contributed by atoms with van der Waals surface area (Å²) in [6, 6.07) is 0. The van der Waals surface area contributed by atoms with Crippen LogP contribution in [-0.4, -0.2) is 44.5 Å². The molecule has 25 heavy (non-hydrogen) atoms. The highest BCUT2D eigenvalue weighted by Gasteiger charge is 2.21. The van der Waals surface area contributed by atoms with E-state index in [1.165, 1.54) is 12.8 Å². The molecule has 3 aromatic rings. The summed E-state index contributed by atoms with van der Waals surface area (Å²) in [6.45, 7) is 5.45. The van der Waals surface area contributed by atoms with Gasteiger partial charge in [0.25, 0.3) is 0 Å². The van der Waals surface area contributed by atoms with Gasteiger partial charge in [-0.05, 0) is 36.6 Å². The highest BCUT2D eigenvalue weighted by molar-refractivity contribution is 5.85. The van der Waals surface area contributed by atoms with Crippen LogP contribution in [0.4, 0.5) is 5.82 Å². The topological polar surface area (TPSA) is 117 Å². The molecule has 9 heteroatoms. The average Bonchev–Trinajstić information content (AvgIpc) is 3.23. The number of aryl methyl sites for hydroxylation is 1. The number of hydrogen-bond acceptors (Lipinski definition) is 8. The van der Waals surface area contributed by atoms with Crippen LogP contribution in [0.2, 0.25) is 0 Å². The molecule has 0 unspecified atom stereocenters. The van der Waals surface area contributed by atoms with Crippen LogP contribution in [0.5, 0.6) is 5.75 Å². The number of pyridine rings is 1. The van der Waals surface area contributed by atoms with E-state index in [-0.39, 0.29) is 5.82 Å². The lowest BCUT2D eigenvalue weighted by Crippen LogP contribution is -2.33. The Labute approximate surface area is 144 Å². The third-order valence-corrected chi connectivity index (χ3v) is 4.53. The van der Waals surface area contributed by atoms with Gasteiger partial charge in [0.1, 0.15) is 11.0 Å². The minimum absolute atomic E-state index is 0.216. The predicted molar refractivity (Wildman–Crippen MR) is 92.0 cm³/mol. The minimum Gasteiger partial charge on any atom is -0.489 e. The van der Waals surface area contributed by atoms with Gasteiger partial charge in [0.2, 0.25) is 0 Å². The molecule has 0 spiro atoms. The number of hydrogen-bond donors (Lipinski definition) is 2. The molecule has 3 aromatic heterocycles. The fourth-order valence-corrected chi connectivity index (χ4v) is 3.28. The second-order valence-corrected chi connectivity index (χ2v) is 6.21. The zero-order valence-electron chi connectivity index (χ0n) is 14.1. The van der Waals surface area contributed by atoms with Crippen molar-refractivity contribution in [2.24, 2.45) is 5.92 Å². The number of nitrogens with zero attached hydrogens (tertiary/aromatic N) is 5. The van der Waals surface area contributed by atoms with Gasteiger partial charge in [-0.2, -0.15) is 0 Å². The van der Waals surface area contributed by atoms with Gasteiger partial charge in [-0.1, -0.05) is 0 Å². The lowest BCUT2D eigenvalue weighted by Gasteiger charge is -2.23. The molecule has 0 amide bonds. The summed E-state index contributed by atoms with van der Waals surface area (Å²) in [7, 11) is 0. The fraction of sp³-hybridized carbons (Fsp3) is 0.500. The van der Waals surface area contributed by atoms with Gasteiger partial charge in [0, 0.05) is 19.0 Å². The van der Waals surface area contributed by atoms with E-state index in [0.29, 0.717) is 30.6 Å². The monoisotopic (exact) mass is 343 g/mol. The summed E-state index contributed by atoms with van der Waals surface area (Å²) in [6.07, 6.45) is 5.81. The van der Waals surface area contributed by atoms with Crippen molar-refractivity contribution >= 4 is 16.9 Å². The highest BCUT2D eigenvalue weighted by Crippen LogP contribution is 2.31. The number of anilines is 1. The molecule has 4 heterocycles. The third-order valence-electron chi connectivity index (χ3n) is 4.53. The van der Waals surface area contributed by atoms with Crippen molar-refractivity contribution in [3.8, 4) is 17.3 Å². The van der Waals surface area contributed by atoms with Crippen LogP contribution in [-0.2, 0) is 6.54 Å². The van der Waals surface area contributed by atoms with Crippen molar-refractivity contribution in [2.75, 3.05) is 25.4 Å². The average molecular weight is 343 g/mol. The van der Waals surface area contributed by atoms with Crippen LogP contribution in [0.3, 0.4) is 0 Å². The molecule has 4 rings (SSSR count). The van der Waals surface area contributed by atoms with Crippen molar-refractivity contribution < 1.29 is 9.37 Å². The van der Waals surface area contributed by atoms with Crippen LogP contribution in [0.25, 0.3) is 22.6 Å². The summed E-state index contributed by atoms with van der Waals surface area (Å²) in [5.41, 5.74) is 7.89. The maximum atomic E-state index is 6.11. The number of rotatable bonds is 5. The Kier molecular flexibility index (Phi) is 4.22. The summed E-state index contributed by atoms with van der Waals surface area (Å²) < 4.78 is 12.8. The second-order valence-electron chi connectivity index (χ2n) is 6.21. The first-order valence-corrected chi connectivity index (χ1v) is 8.54. The van der Waals surface area contributed by atoms with Gasteiger partial charge in [0.15, 0.2) is 23.1 Å². The number of ether oxygens (including phenoxy) is 1. The van der Waals surface area contributed by atoms with Crippen LogP contribution in [0.15, 0.2) is 17.0 Å². The molecule has 132 valence electrons. The van der Waals surface area contributed by atoms with E-state index in [0.717, 1.165) is 29.9 Å². The maximum absolute atomic E-state index is 6.11. The van der Waals surface area contributed by atoms with Gasteiger partial charge in [-0.15, -0.1) is 0 Å². The highest BCUT2D eigenvalue weighted by atomic mass is 16.6. The molecule has 9 nitrogen and oxygen atoms in total. The molecule has 3 N–H and O–H groups in total. The molecule has 1 aliphatic rings. The van der Waals surface area contributed by atoms with Gasteiger partial charge in [-0.3, -0.25) is 4.98 Å². The molecule has 1 aliphatic heterocycles. The summed E-state index contributed by atoms with van der Waals surface area (Å²) in [5.74, 6) is 2.05. The van der Waals surface area contributed by atoms with Crippen LogP contribution in [0, 0.1) is 5.92 Å². The predicted octanol–water partition coefficient (Wildman–Crippen LogP) is 1.46. The molecule has 1 fully saturated rings. The Morgan fingerprint density at radius 3 is 3.04 bits per heavy atom. The van der Waals surface area contributed by atoms with Crippen molar-refractivity contribution in [1.29, 1.82) is 0 Å². The summed E-state index contributed by atoms with van der Waals surface area (Å²) in [4.78, 5) is 8.87. The number of nitrogens with two attached hydrogens (primary N) is 1. The Bertz CT molecular complexity index is 867. The number of imidazole rings is 1. The summed E-state index contributed by atoms with van der Waals surface area (Å²) in [5, 5.41) is 10.9. The fourth-order valence-electron chi connectivity index (χ4n) is 3.28. The zero-order chi connectivity index (χ0) is 17.2. The molecule has 1 atom stereocenters. The third kappa shape index (κ3) is 2.91. The number of nitrogen functional groups attached to an aromatic ring is 1. The van der Waals surface area contributed by atoms with E-state index in [9.17, 15) is 0 Å². The van der Waals surface area contributed by atoms with Gasteiger partial charge < -0.3 is 20.4 Å². The van der Waals surface area contributed by atoms with E-state index in [2.05, 4.69) is 25.6 Å². The molecular formula is C16H21N7O2. The first-order chi connectivity index (χ1) is 12.3. The quantitative estimate of drug-likeness (QED) is 0.715. The van der Waals surface area contributed by atoms with Crippen molar-refractivity contribution in [3.05, 3.63) is 12.4 Å². The molecule has 0 saturated carbocycles. The van der Waals surface area contributed by atoms with E-state index in [4.69, 9.17) is 15.1 Å². The van der Waals surface area contributed by atoms with Crippen LogP contribution < -0.4 is 15.8 Å². The number of aromatic nitrogens is 5. The smallest absolute Gasteiger partial charge is 0.199 e. The van der Waals surface area contributed by atoms with Crippen LogP contribution >= 0.6 is 0 Å². The minimum atomic E-state index is 0.216. The molecular weight excluding hydrogens is 322 g/mol. The number of nitrogens with one attached hydrogen (secondary N) is 1. The lowest BCUT2D eigenvalue weighted by atomic mass is 10.0. The van der Waals surface area contributed by atoms with Gasteiger partial charge in [-0.25, -0.2) is 9.61 Å². The van der Waals surface area contributed by atoms with Gasteiger partial charge in [0.05, 0.1) is 19.0 Å². The second kappa shape index (κ2) is 6.67. The van der Waals surface area contributed by atoms with E-state index in [1.54, 1.807) is 12.4 Å². The first kappa shape index (κ1) is 15.8. The Morgan fingerprint density at radius 1 is 1.40 bits per heavy atom. The number of piperidine rings is 1. The Morgan fingerprint density at radius 2 is 2.32 bits per heavy atom. The number of fused-ring (bicyclic) bond motifs is 1. The Balaban J connectivity index is 1.70. The molecule has 0 radical (unpaired) electrons. The molecule has 0 aliphatic carbocycles.